The fourth-order valence-electron chi connectivity index (χ4n) is 10.4. The number of anilines is 1. The van der Waals surface area contributed by atoms with Crippen LogP contribution < -0.4 is 10.1 Å². The van der Waals surface area contributed by atoms with E-state index in [2.05, 4.69) is 56.5 Å². The van der Waals surface area contributed by atoms with Gasteiger partial charge < -0.3 is 30.5 Å². The van der Waals surface area contributed by atoms with Gasteiger partial charge in [-0.2, -0.15) is 82.7 Å². The number of unbranched alkanes of at least 4 members (excludes halogenated alkanes) is 1. The molecule has 48 heteroatoms. The van der Waals surface area contributed by atoms with Gasteiger partial charge in [0, 0.05) is 40.2 Å². The topological polar surface area (TPSA) is 661 Å². The van der Waals surface area contributed by atoms with E-state index < -0.39 is 224 Å². The molecule has 10 rings (SSSR count). The van der Waals surface area contributed by atoms with Gasteiger partial charge in [0.2, 0.25) is 0 Å². The average Bonchev–Trinajstić information content (AvgIpc) is 0.762. The van der Waals surface area contributed by atoms with Gasteiger partial charge in [0.15, 0.2) is 17.2 Å². The summed E-state index contributed by atoms with van der Waals surface area (Å²) in [6.07, 6.45) is 0.627. The standard InChI is InChI=1S/C60H51N11O29S8/c1-3-4-13-61-42-12-11-39-41(27-52(108(97,98)99)57(59(39)74)70-63-34-9-10-38-30(17-34)21-50(106(91,92)93)55(58(38)73)69-62-33-7-5-8-35(23-33)102(79,80)81)54(42)68-66-45-26-40-31(20-49(45)105(88,89)90)22-51(107(94,95)96)56(60(40)75)71-65-44-16-29(2)43(28-48(44)100-14-6-15-101(76,77)78)64-67-46-24-36(103(82,83)84)18-32-19-37(104(85,86)87)25-47(72)53(32)46/h5,7-12,16-28,61,72-75H,3-4,6,13-15H2,1-2H3,(H,76,77,78)(H,79,80,81)(H,82,83,84)(H,85,86,87)(H,88,89,90)(H,91,92,93)(H,94,95,96)(H,97,98,99). The van der Waals surface area contributed by atoms with Crippen LogP contribution >= 0.6 is 0 Å². The van der Waals surface area contributed by atoms with Crippen molar-refractivity contribution in [2.75, 3.05) is 24.2 Å². The number of phenols is 4. The zero-order valence-electron chi connectivity index (χ0n) is 54.3. The first-order valence-corrected chi connectivity index (χ1v) is 41.5. The summed E-state index contributed by atoms with van der Waals surface area (Å²) in [4.78, 5) is -7.09. The third-order valence-electron chi connectivity index (χ3n) is 15.4. The van der Waals surface area contributed by atoms with Crippen LogP contribution in [0.4, 0.5) is 62.6 Å². The summed E-state index contributed by atoms with van der Waals surface area (Å²) >= 11 is 0. The minimum Gasteiger partial charge on any atom is -0.507 e. The SMILES string of the molecule is CCCCNc1ccc2c(O)c(N=Nc3ccc4c(O)c(N=Nc5cccc(S(=O)(=O)O)c5)c(S(=O)(=O)O)cc4c3)c(S(=O)(=O)O)cc2c1N=Nc1cc2c(O)c(N=Nc3cc(C)c(N=Nc4cc(S(=O)(=O)O)cc5cc(S(=O)(=O)O)cc(O)c45)cc3OCCCS(=O)(=O)O)c(S(=O)(=O)O)cc2cc1S(=O)(=O)O. The highest BCUT2D eigenvalue weighted by Crippen LogP contribution is 2.50. The predicted molar refractivity (Wildman–Crippen MR) is 380 cm³/mol. The molecule has 10 aromatic rings. The number of fused-ring (bicyclic) bond motifs is 4. The molecular formula is C60H51N11O29S8. The Hall–Kier alpha value is -10.7. The molecule has 0 saturated carbocycles. The lowest BCUT2D eigenvalue weighted by molar-refractivity contribution is 0.317. The number of nitrogens with zero attached hydrogens (tertiary/aromatic N) is 10. The summed E-state index contributed by atoms with van der Waals surface area (Å²) in [5, 5.41) is 85.5. The molecular weight excluding hydrogens is 1600 g/mol. The normalized spacial score (nSPS) is 13.3. The molecule has 0 atom stereocenters. The Labute approximate surface area is 609 Å². The molecule has 0 heterocycles. The fraction of sp³-hybridized carbons (Fsp3) is 0.133. The van der Waals surface area contributed by atoms with E-state index in [1.165, 1.54) is 25.1 Å². The molecule has 0 radical (unpaired) electrons. The maximum atomic E-state index is 13.3. The van der Waals surface area contributed by atoms with Crippen molar-refractivity contribution in [1.82, 2.24) is 0 Å². The smallest absolute Gasteiger partial charge is 0.296 e. The molecule has 0 aliphatic carbocycles. The lowest BCUT2D eigenvalue weighted by atomic mass is 10.0. The lowest BCUT2D eigenvalue weighted by Crippen LogP contribution is -2.08. The highest BCUT2D eigenvalue weighted by Gasteiger charge is 2.30. The van der Waals surface area contributed by atoms with Gasteiger partial charge in [-0.15, -0.1) is 35.8 Å². The molecule has 0 aliphatic heterocycles. The van der Waals surface area contributed by atoms with Gasteiger partial charge in [-0.25, -0.2) is 0 Å². The molecule has 0 unspecified atom stereocenters. The Morgan fingerprint density at radius 2 is 0.870 bits per heavy atom. The van der Waals surface area contributed by atoms with Crippen molar-refractivity contribution in [2.45, 2.75) is 67.4 Å². The van der Waals surface area contributed by atoms with Gasteiger partial charge in [-0.1, -0.05) is 19.4 Å². The van der Waals surface area contributed by atoms with Gasteiger partial charge in [0.05, 0.1) is 60.9 Å². The van der Waals surface area contributed by atoms with Crippen LogP contribution in [0.3, 0.4) is 0 Å². The number of ether oxygens (including phenoxy) is 1. The number of aryl methyl sites for hydroxylation is 1. The van der Waals surface area contributed by atoms with Gasteiger partial charge in [-0.05, 0) is 145 Å². The average molecular weight is 1650 g/mol. The molecule has 108 heavy (non-hydrogen) atoms. The predicted octanol–water partition coefficient (Wildman–Crippen LogP) is 13.1. The van der Waals surface area contributed by atoms with Crippen LogP contribution in [0.5, 0.6) is 28.7 Å². The molecule has 40 nitrogen and oxygen atoms in total. The van der Waals surface area contributed by atoms with Crippen molar-refractivity contribution in [2.24, 2.45) is 51.1 Å². The Morgan fingerprint density at radius 3 is 1.44 bits per heavy atom. The van der Waals surface area contributed by atoms with E-state index in [0.29, 0.717) is 31.0 Å². The number of aromatic hydroxyl groups is 4. The second-order valence-electron chi connectivity index (χ2n) is 22.9. The molecule has 0 fully saturated rings. The van der Waals surface area contributed by atoms with E-state index in [1.807, 2.05) is 6.92 Å². The van der Waals surface area contributed by atoms with Crippen LogP contribution in [0, 0.1) is 6.92 Å². The van der Waals surface area contributed by atoms with Crippen LogP contribution in [0.25, 0.3) is 43.1 Å². The first-order chi connectivity index (χ1) is 50.1. The molecule has 0 amide bonds. The number of benzene rings is 10. The first kappa shape index (κ1) is 79.9. The van der Waals surface area contributed by atoms with E-state index in [1.54, 1.807) is 0 Å². The monoisotopic (exact) mass is 1650 g/mol. The number of rotatable bonds is 26. The Balaban J connectivity index is 1.07. The van der Waals surface area contributed by atoms with Gasteiger partial charge in [0.25, 0.3) is 80.9 Å². The third-order valence-corrected chi connectivity index (χ3v) is 22.2. The van der Waals surface area contributed by atoms with Crippen LogP contribution in [-0.2, 0) is 80.9 Å². The maximum Gasteiger partial charge on any atom is 0.296 e. The number of hydrogen-bond donors (Lipinski definition) is 13. The van der Waals surface area contributed by atoms with E-state index in [9.17, 15) is 124 Å². The zero-order chi connectivity index (χ0) is 79.3. The van der Waals surface area contributed by atoms with Crippen LogP contribution in [0.15, 0.2) is 207 Å². The Kier molecular flexibility index (Phi) is 22.1. The van der Waals surface area contributed by atoms with Crippen molar-refractivity contribution in [3.8, 4) is 28.7 Å². The highest BCUT2D eigenvalue weighted by atomic mass is 32.2. The molecule has 13 N–H and O–H groups in total. The van der Waals surface area contributed by atoms with Crippen LogP contribution in [0.2, 0.25) is 0 Å². The van der Waals surface area contributed by atoms with Crippen molar-refractivity contribution in [1.29, 1.82) is 0 Å². The van der Waals surface area contributed by atoms with Crippen molar-refractivity contribution in [3.05, 3.63) is 127 Å². The lowest BCUT2D eigenvalue weighted by Gasteiger charge is -2.15. The fourth-order valence-corrected chi connectivity index (χ4v) is 15.1. The molecule has 10 aromatic carbocycles. The quantitative estimate of drug-likeness (QED) is 0.0136. The Morgan fingerprint density at radius 1 is 0.380 bits per heavy atom. The van der Waals surface area contributed by atoms with E-state index in [-0.39, 0.29) is 56.4 Å². The summed E-state index contributed by atoms with van der Waals surface area (Å²) < 4.78 is 286. The first-order valence-electron chi connectivity index (χ1n) is 29.8. The number of nitrogens with one attached hydrogen (secondary N) is 1. The number of azo groups is 5. The maximum absolute atomic E-state index is 13.3. The molecule has 0 bridgehead atoms. The minimum absolute atomic E-state index is 0.0276. The van der Waals surface area contributed by atoms with Crippen molar-refractivity contribution in [3.63, 3.8) is 0 Å². The summed E-state index contributed by atoms with van der Waals surface area (Å²) in [7, 11) is -41.3. The summed E-state index contributed by atoms with van der Waals surface area (Å²) in [6, 6.07) is 18.4. The minimum atomic E-state index is -5.57. The van der Waals surface area contributed by atoms with Crippen LogP contribution in [-0.4, -0.2) is 143 Å². The van der Waals surface area contributed by atoms with Gasteiger partial charge in [0.1, 0.15) is 65.2 Å². The van der Waals surface area contributed by atoms with E-state index >= 15 is 0 Å². The summed E-state index contributed by atoms with van der Waals surface area (Å²) in [5.41, 5.74) is -5.97. The third kappa shape index (κ3) is 18.0. The summed E-state index contributed by atoms with van der Waals surface area (Å²) in [6.45, 7) is 2.74. The largest absolute Gasteiger partial charge is 0.507 e. The van der Waals surface area contributed by atoms with E-state index in [0.717, 1.165) is 84.9 Å². The van der Waals surface area contributed by atoms with Crippen molar-refractivity contribution < 1.29 is 129 Å². The molecule has 568 valence electrons. The molecule has 0 aromatic heterocycles. The summed E-state index contributed by atoms with van der Waals surface area (Å²) in [5.74, 6) is -5.36. The van der Waals surface area contributed by atoms with Gasteiger partial charge in [-0.3, -0.25) is 36.4 Å². The molecule has 0 saturated heterocycles. The van der Waals surface area contributed by atoms with Crippen molar-refractivity contribution >= 4 is 187 Å². The van der Waals surface area contributed by atoms with Crippen LogP contribution in [0.1, 0.15) is 31.7 Å². The number of phenolic OH excluding ortho intramolecular Hbond substituents is 4. The number of hydrogen-bond acceptors (Lipinski definition) is 32. The second kappa shape index (κ2) is 29.8. The van der Waals surface area contributed by atoms with E-state index in [4.69, 9.17) is 4.74 Å². The zero-order valence-corrected chi connectivity index (χ0v) is 60.9. The highest BCUT2D eigenvalue weighted by molar-refractivity contribution is 7.87. The molecule has 0 aliphatic rings. The molecule has 0 spiro atoms. The Bertz CT molecular complexity index is 6640. The second-order valence-corrected chi connectivity index (χ2v) is 34.3. The van der Waals surface area contributed by atoms with Gasteiger partial charge >= 0.3 is 0 Å².